The van der Waals surface area contributed by atoms with Gasteiger partial charge in [0, 0.05) is 11.6 Å². The third-order valence-electron chi connectivity index (χ3n) is 3.22. The fraction of sp³-hybridized carbons (Fsp3) is 0.286. The number of hydrogen-bond acceptors (Lipinski definition) is 6. The first-order valence-corrected chi connectivity index (χ1v) is 6.47. The second kappa shape index (κ2) is 5.45. The predicted molar refractivity (Wildman–Crippen MR) is 74.9 cm³/mol. The maximum absolute atomic E-state index is 11.0. The summed E-state index contributed by atoms with van der Waals surface area (Å²) in [6, 6.07) is 4.27. The smallest absolute Gasteiger partial charge is 0.328 e. The maximum atomic E-state index is 11.0. The second-order valence-electron chi connectivity index (χ2n) is 4.59. The van der Waals surface area contributed by atoms with E-state index in [0.29, 0.717) is 35.9 Å². The van der Waals surface area contributed by atoms with Crippen LogP contribution in [0.1, 0.15) is 0 Å². The summed E-state index contributed by atoms with van der Waals surface area (Å²) < 4.78 is 11.0. The molecule has 1 aromatic heterocycles. The molecule has 1 unspecified atom stereocenters. The van der Waals surface area contributed by atoms with E-state index in [1.165, 1.54) is 0 Å². The van der Waals surface area contributed by atoms with Crippen molar-refractivity contribution in [3.8, 4) is 11.5 Å². The molecule has 0 saturated heterocycles. The Morgan fingerprint density at radius 2 is 2.05 bits per heavy atom. The van der Waals surface area contributed by atoms with Gasteiger partial charge in [-0.1, -0.05) is 0 Å². The first kappa shape index (κ1) is 13.4. The van der Waals surface area contributed by atoms with Crippen LogP contribution in [0.25, 0.3) is 10.8 Å². The van der Waals surface area contributed by atoms with E-state index in [1.807, 2.05) is 6.07 Å². The van der Waals surface area contributed by atoms with Gasteiger partial charge >= 0.3 is 5.97 Å². The van der Waals surface area contributed by atoms with Gasteiger partial charge < -0.3 is 25.0 Å². The van der Waals surface area contributed by atoms with E-state index in [1.54, 1.807) is 18.3 Å². The van der Waals surface area contributed by atoms with Crippen LogP contribution in [0.5, 0.6) is 11.5 Å². The standard InChI is InChI=1S/C14H14N2O5/c17-7-10(14(18)19)16-13-9-6-12-11(20-3-4-21-12)5-8(9)1-2-15-13/h1-2,5-6,10,17H,3-4,7H2,(H,15,16)(H,18,19). The molecule has 0 spiro atoms. The van der Waals surface area contributed by atoms with Crippen LogP contribution in [0.2, 0.25) is 0 Å². The lowest BCUT2D eigenvalue weighted by atomic mass is 10.1. The van der Waals surface area contributed by atoms with Gasteiger partial charge in [0.25, 0.3) is 0 Å². The minimum absolute atomic E-state index is 0.380. The number of aliphatic carboxylic acids is 1. The number of rotatable bonds is 4. The quantitative estimate of drug-likeness (QED) is 0.767. The van der Waals surface area contributed by atoms with Crippen LogP contribution in [-0.4, -0.2) is 47.0 Å². The summed E-state index contributed by atoms with van der Waals surface area (Å²) in [6.07, 6.45) is 1.57. The Morgan fingerprint density at radius 1 is 1.33 bits per heavy atom. The van der Waals surface area contributed by atoms with E-state index in [9.17, 15) is 4.79 Å². The molecule has 1 aliphatic rings. The summed E-state index contributed by atoms with van der Waals surface area (Å²) >= 11 is 0. The predicted octanol–water partition coefficient (Wildman–Crippen LogP) is 0.863. The fourth-order valence-electron chi connectivity index (χ4n) is 2.17. The number of carboxylic acid groups (broad SMARTS) is 1. The van der Waals surface area contributed by atoms with Gasteiger partial charge in [0.15, 0.2) is 11.5 Å². The summed E-state index contributed by atoms with van der Waals surface area (Å²) in [5.74, 6) is 0.489. The van der Waals surface area contributed by atoms with Crippen LogP contribution in [0.4, 0.5) is 5.82 Å². The molecular weight excluding hydrogens is 276 g/mol. The number of pyridine rings is 1. The Labute approximate surface area is 120 Å². The monoisotopic (exact) mass is 290 g/mol. The topological polar surface area (TPSA) is 101 Å². The zero-order chi connectivity index (χ0) is 14.8. The second-order valence-corrected chi connectivity index (χ2v) is 4.59. The van der Waals surface area contributed by atoms with Gasteiger partial charge in [-0.15, -0.1) is 0 Å². The van der Waals surface area contributed by atoms with Crippen molar-refractivity contribution in [3.05, 3.63) is 24.4 Å². The van der Waals surface area contributed by atoms with Crippen LogP contribution < -0.4 is 14.8 Å². The molecule has 1 atom stereocenters. The summed E-state index contributed by atoms with van der Waals surface area (Å²) in [5, 5.41) is 22.4. The molecular formula is C14H14N2O5. The molecule has 1 aromatic carbocycles. The number of benzene rings is 1. The van der Waals surface area contributed by atoms with E-state index in [-0.39, 0.29) is 0 Å². The zero-order valence-electron chi connectivity index (χ0n) is 11.1. The van der Waals surface area contributed by atoms with E-state index >= 15 is 0 Å². The molecule has 1 aliphatic heterocycles. The summed E-state index contributed by atoms with van der Waals surface area (Å²) in [5.41, 5.74) is 0. The van der Waals surface area contributed by atoms with Gasteiger partial charge in [-0.2, -0.15) is 0 Å². The molecule has 7 nitrogen and oxygen atoms in total. The molecule has 110 valence electrons. The molecule has 3 N–H and O–H groups in total. The van der Waals surface area contributed by atoms with Gasteiger partial charge in [0.2, 0.25) is 0 Å². The number of aliphatic hydroxyl groups excluding tert-OH is 1. The normalized spacial score (nSPS) is 14.7. The zero-order valence-corrected chi connectivity index (χ0v) is 11.1. The van der Waals surface area contributed by atoms with Crippen molar-refractivity contribution in [1.29, 1.82) is 0 Å². The lowest BCUT2D eigenvalue weighted by Gasteiger charge is -2.20. The van der Waals surface area contributed by atoms with Gasteiger partial charge in [0.05, 0.1) is 6.61 Å². The Balaban J connectivity index is 2.04. The lowest BCUT2D eigenvalue weighted by Crippen LogP contribution is -2.33. The molecule has 0 bridgehead atoms. The highest BCUT2D eigenvalue weighted by Gasteiger charge is 2.19. The number of nitrogens with one attached hydrogen (secondary N) is 1. The van der Waals surface area contributed by atoms with E-state index in [0.717, 1.165) is 5.39 Å². The van der Waals surface area contributed by atoms with Gasteiger partial charge in [-0.05, 0) is 23.6 Å². The first-order chi connectivity index (χ1) is 10.2. The molecule has 3 rings (SSSR count). The van der Waals surface area contributed by atoms with Crippen molar-refractivity contribution in [2.45, 2.75) is 6.04 Å². The molecule has 2 heterocycles. The third kappa shape index (κ3) is 2.55. The first-order valence-electron chi connectivity index (χ1n) is 6.47. The average Bonchev–Trinajstić information content (AvgIpc) is 2.50. The number of anilines is 1. The highest BCUT2D eigenvalue weighted by molar-refractivity contribution is 5.95. The summed E-state index contributed by atoms with van der Waals surface area (Å²) in [6.45, 7) is 0.439. The Bertz CT molecular complexity index is 688. The Morgan fingerprint density at radius 3 is 2.71 bits per heavy atom. The lowest BCUT2D eigenvalue weighted by molar-refractivity contribution is -0.138. The largest absolute Gasteiger partial charge is 0.486 e. The van der Waals surface area contributed by atoms with E-state index in [4.69, 9.17) is 19.7 Å². The third-order valence-corrected chi connectivity index (χ3v) is 3.22. The van der Waals surface area contributed by atoms with Crippen LogP contribution in [0.15, 0.2) is 24.4 Å². The van der Waals surface area contributed by atoms with Gasteiger partial charge in [0.1, 0.15) is 25.1 Å². The van der Waals surface area contributed by atoms with E-state index < -0.39 is 18.6 Å². The molecule has 2 aromatic rings. The fourth-order valence-corrected chi connectivity index (χ4v) is 2.17. The molecule has 7 heteroatoms. The van der Waals surface area contributed by atoms with Crippen LogP contribution in [0, 0.1) is 0 Å². The number of ether oxygens (including phenoxy) is 2. The Hall–Kier alpha value is -2.54. The molecule has 0 amide bonds. The van der Waals surface area contributed by atoms with Crippen LogP contribution >= 0.6 is 0 Å². The van der Waals surface area contributed by atoms with Crippen molar-refractivity contribution in [3.63, 3.8) is 0 Å². The number of nitrogens with zero attached hydrogens (tertiary/aromatic N) is 1. The summed E-state index contributed by atoms with van der Waals surface area (Å²) in [4.78, 5) is 15.2. The number of carbonyl (C=O) groups is 1. The van der Waals surface area contributed by atoms with Crippen LogP contribution in [0.3, 0.4) is 0 Å². The SMILES string of the molecule is O=C(O)C(CO)Nc1nccc2cc3c(cc12)OCCO3. The van der Waals surface area contributed by atoms with E-state index in [2.05, 4.69) is 10.3 Å². The van der Waals surface area contributed by atoms with Crippen molar-refractivity contribution in [1.82, 2.24) is 4.98 Å². The van der Waals surface area contributed by atoms with Crippen molar-refractivity contribution in [2.75, 3.05) is 25.1 Å². The Kier molecular flexibility index (Phi) is 3.49. The maximum Gasteiger partial charge on any atom is 0.328 e. The van der Waals surface area contributed by atoms with Gasteiger partial charge in [-0.3, -0.25) is 0 Å². The number of aromatic nitrogens is 1. The number of hydrogen-bond donors (Lipinski definition) is 3. The van der Waals surface area contributed by atoms with Crippen molar-refractivity contribution in [2.24, 2.45) is 0 Å². The number of fused-ring (bicyclic) bond motifs is 2. The minimum Gasteiger partial charge on any atom is -0.486 e. The number of carboxylic acids is 1. The minimum atomic E-state index is -1.14. The van der Waals surface area contributed by atoms with Crippen molar-refractivity contribution < 1.29 is 24.5 Å². The number of aliphatic hydroxyl groups is 1. The van der Waals surface area contributed by atoms with Crippen molar-refractivity contribution >= 4 is 22.6 Å². The average molecular weight is 290 g/mol. The molecule has 0 saturated carbocycles. The molecule has 0 aliphatic carbocycles. The highest BCUT2D eigenvalue weighted by Crippen LogP contribution is 2.36. The summed E-state index contributed by atoms with van der Waals surface area (Å²) in [7, 11) is 0. The molecule has 21 heavy (non-hydrogen) atoms. The highest BCUT2D eigenvalue weighted by atomic mass is 16.6. The van der Waals surface area contributed by atoms with Gasteiger partial charge in [-0.25, -0.2) is 9.78 Å². The molecule has 0 radical (unpaired) electrons. The van der Waals surface area contributed by atoms with Crippen LogP contribution in [-0.2, 0) is 4.79 Å². The molecule has 0 fully saturated rings.